The molecule has 182 valence electrons. The van der Waals surface area contributed by atoms with Gasteiger partial charge in [-0.25, -0.2) is 4.39 Å². The monoisotopic (exact) mass is 478 g/mol. The molecule has 1 aliphatic rings. The van der Waals surface area contributed by atoms with Gasteiger partial charge in [0, 0.05) is 31.0 Å². The molecule has 0 fully saturated rings. The topological polar surface area (TPSA) is 77.1 Å². The number of nitrogens with one attached hydrogen (secondary N) is 1. The van der Waals surface area contributed by atoms with E-state index < -0.39 is 17.8 Å². The maximum Gasteiger partial charge on any atom is 0.254 e. The number of hydrogen-bond donors (Lipinski definition) is 1. The zero-order chi connectivity index (χ0) is 24.9. The van der Waals surface area contributed by atoms with Crippen LogP contribution in [0.25, 0.3) is 0 Å². The predicted octanol–water partition coefficient (Wildman–Crippen LogP) is 4.41. The van der Waals surface area contributed by atoms with E-state index in [1.807, 2.05) is 0 Å². The molecule has 1 heterocycles. The molecule has 0 saturated heterocycles. The fourth-order valence-electron chi connectivity index (χ4n) is 4.48. The summed E-state index contributed by atoms with van der Waals surface area (Å²) in [6, 6.07) is 17.4. The van der Waals surface area contributed by atoms with Crippen molar-refractivity contribution in [2.75, 3.05) is 39.8 Å². The third-order valence-corrected chi connectivity index (χ3v) is 6.12. The zero-order valence-corrected chi connectivity index (χ0v) is 19.8. The lowest BCUT2D eigenvalue weighted by Gasteiger charge is -2.41. The summed E-state index contributed by atoms with van der Waals surface area (Å²) < 4.78 is 29.6. The van der Waals surface area contributed by atoms with Crippen molar-refractivity contribution >= 4 is 17.5 Å². The molecule has 1 aliphatic heterocycles. The van der Waals surface area contributed by atoms with Gasteiger partial charge in [0.2, 0.25) is 5.91 Å². The Morgan fingerprint density at radius 3 is 2.37 bits per heavy atom. The summed E-state index contributed by atoms with van der Waals surface area (Å²) >= 11 is 0. The Kier molecular flexibility index (Phi) is 7.31. The summed E-state index contributed by atoms with van der Waals surface area (Å²) in [4.78, 5) is 28.9. The number of halogens is 1. The summed E-state index contributed by atoms with van der Waals surface area (Å²) in [5, 5.41) is 2.96. The molecule has 0 saturated carbocycles. The average molecular weight is 479 g/mol. The van der Waals surface area contributed by atoms with E-state index in [1.165, 1.54) is 26.4 Å². The number of carbonyl (C=O) groups is 2. The normalized spacial score (nSPS) is 17.0. The third kappa shape index (κ3) is 4.83. The van der Waals surface area contributed by atoms with Crippen LogP contribution in [0.3, 0.4) is 0 Å². The molecule has 1 N–H and O–H groups in total. The second-order valence-corrected chi connectivity index (χ2v) is 8.11. The Hall–Kier alpha value is -3.91. The highest BCUT2D eigenvalue weighted by molar-refractivity contribution is 6.04. The van der Waals surface area contributed by atoms with E-state index in [1.54, 1.807) is 66.6 Å². The van der Waals surface area contributed by atoms with Gasteiger partial charge >= 0.3 is 0 Å². The average Bonchev–Trinajstić information content (AvgIpc) is 2.88. The molecule has 0 aromatic heterocycles. The molecule has 0 radical (unpaired) electrons. The maximum absolute atomic E-state index is 13.8. The minimum atomic E-state index is -0.751. The molecule has 4 rings (SSSR count). The number of hydrogen-bond acceptors (Lipinski definition) is 5. The second-order valence-electron chi connectivity index (χ2n) is 8.11. The van der Waals surface area contributed by atoms with E-state index >= 15 is 0 Å². The lowest BCUT2D eigenvalue weighted by atomic mass is 9.79. The molecule has 0 aliphatic carbocycles. The number of anilines is 1. The van der Waals surface area contributed by atoms with Crippen molar-refractivity contribution in [2.24, 2.45) is 0 Å². The van der Waals surface area contributed by atoms with E-state index in [2.05, 4.69) is 5.32 Å². The predicted molar refractivity (Wildman–Crippen MR) is 129 cm³/mol. The first-order valence-electron chi connectivity index (χ1n) is 11.2. The number of methoxy groups -OCH3 is 3. The van der Waals surface area contributed by atoms with Crippen LogP contribution in [0.2, 0.25) is 0 Å². The molecule has 0 unspecified atom stereocenters. The molecule has 3 aromatic carbocycles. The Balaban J connectivity index is 1.80. The van der Waals surface area contributed by atoms with Crippen LogP contribution < -0.4 is 14.8 Å². The van der Waals surface area contributed by atoms with Gasteiger partial charge in [-0.05, 0) is 41.5 Å². The molecule has 35 heavy (non-hydrogen) atoms. The van der Waals surface area contributed by atoms with Crippen LogP contribution >= 0.6 is 0 Å². The molecule has 0 bridgehead atoms. The van der Waals surface area contributed by atoms with E-state index in [4.69, 9.17) is 14.2 Å². The van der Waals surface area contributed by atoms with Gasteiger partial charge in [0.1, 0.15) is 5.82 Å². The van der Waals surface area contributed by atoms with Gasteiger partial charge in [-0.15, -0.1) is 0 Å². The minimum absolute atomic E-state index is 0.206. The van der Waals surface area contributed by atoms with Crippen LogP contribution in [0.15, 0.2) is 66.7 Å². The lowest BCUT2D eigenvalue weighted by Crippen LogP contribution is -2.47. The van der Waals surface area contributed by atoms with E-state index in [9.17, 15) is 14.0 Å². The van der Waals surface area contributed by atoms with Crippen molar-refractivity contribution in [3.63, 3.8) is 0 Å². The minimum Gasteiger partial charge on any atom is -0.493 e. The number of fused-ring (bicyclic) bond motifs is 1. The fourth-order valence-corrected chi connectivity index (χ4v) is 4.48. The number of carbonyl (C=O) groups excluding carboxylic acids is 2. The van der Waals surface area contributed by atoms with Crippen molar-refractivity contribution in [3.05, 3.63) is 89.2 Å². The summed E-state index contributed by atoms with van der Waals surface area (Å²) in [5.74, 6) is -0.656. The van der Waals surface area contributed by atoms with Crippen molar-refractivity contribution in [1.29, 1.82) is 0 Å². The number of nitrogens with zero attached hydrogens (tertiary/aromatic N) is 1. The standard InChI is InChI=1S/C27H27FN2O5/c1-33-15-14-30-25(17-8-10-18(28)11-9-17)24(20-6-4-5-7-21(20)27(30)32)26(31)29-19-12-13-22(34-2)23(16-19)35-3/h4-13,16,24-25H,14-15H2,1-3H3,(H,29,31)/t24-,25-/m0/s1. The lowest BCUT2D eigenvalue weighted by molar-refractivity contribution is -0.119. The highest BCUT2D eigenvalue weighted by atomic mass is 19.1. The van der Waals surface area contributed by atoms with Crippen LogP contribution in [0.4, 0.5) is 10.1 Å². The van der Waals surface area contributed by atoms with Crippen LogP contribution in [0.5, 0.6) is 11.5 Å². The van der Waals surface area contributed by atoms with Crippen molar-refractivity contribution in [1.82, 2.24) is 4.90 Å². The summed E-state index contributed by atoms with van der Waals surface area (Å²) in [6.07, 6.45) is 0. The van der Waals surface area contributed by atoms with Gasteiger partial charge in [0.25, 0.3) is 5.91 Å². The number of amides is 2. The van der Waals surface area contributed by atoms with Crippen LogP contribution in [-0.2, 0) is 9.53 Å². The van der Waals surface area contributed by atoms with E-state index in [0.717, 1.165) is 0 Å². The Morgan fingerprint density at radius 1 is 0.971 bits per heavy atom. The highest BCUT2D eigenvalue weighted by Gasteiger charge is 2.44. The zero-order valence-electron chi connectivity index (χ0n) is 19.8. The van der Waals surface area contributed by atoms with Crippen molar-refractivity contribution < 1.29 is 28.2 Å². The second kappa shape index (κ2) is 10.6. The highest BCUT2D eigenvalue weighted by Crippen LogP contribution is 2.43. The van der Waals surface area contributed by atoms with Gasteiger partial charge in [0.15, 0.2) is 11.5 Å². The molecule has 2 atom stereocenters. The first-order valence-corrected chi connectivity index (χ1v) is 11.2. The number of benzene rings is 3. The molecular weight excluding hydrogens is 451 g/mol. The van der Waals surface area contributed by atoms with Crippen LogP contribution in [0, 0.1) is 5.82 Å². The van der Waals surface area contributed by atoms with Gasteiger partial charge < -0.3 is 24.4 Å². The Bertz CT molecular complexity index is 1210. The first-order chi connectivity index (χ1) is 17.0. The van der Waals surface area contributed by atoms with Gasteiger partial charge in [-0.2, -0.15) is 0 Å². The van der Waals surface area contributed by atoms with Gasteiger partial charge in [-0.3, -0.25) is 9.59 Å². The Morgan fingerprint density at radius 2 is 1.69 bits per heavy atom. The quantitative estimate of drug-likeness (QED) is 0.519. The summed E-state index contributed by atoms with van der Waals surface area (Å²) in [6.45, 7) is 0.557. The SMILES string of the molecule is COCCN1C(=O)c2ccccc2[C@H](C(=O)Nc2ccc(OC)c(OC)c2)[C@@H]1c1ccc(F)cc1. The van der Waals surface area contributed by atoms with Gasteiger partial charge in [-0.1, -0.05) is 30.3 Å². The molecule has 3 aromatic rings. The van der Waals surface area contributed by atoms with E-state index in [0.29, 0.717) is 33.9 Å². The number of ether oxygens (including phenoxy) is 3. The van der Waals surface area contributed by atoms with Gasteiger partial charge in [0.05, 0.1) is 32.8 Å². The summed E-state index contributed by atoms with van der Waals surface area (Å²) in [7, 11) is 4.61. The first kappa shape index (κ1) is 24.2. The van der Waals surface area contributed by atoms with Crippen LogP contribution in [-0.4, -0.2) is 51.2 Å². The largest absolute Gasteiger partial charge is 0.493 e. The third-order valence-electron chi connectivity index (χ3n) is 6.12. The molecular formula is C27H27FN2O5. The fraction of sp³-hybridized carbons (Fsp3) is 0.259. The molecule has 8 heteroatoms. The Labute approximate surface area is 203 Å². The summed E-state index contributed by atoms with van der Waals surface area (Å²) in [5.41, 5.74) is 2.23. The molecule has 2 amide bonds. The van der Waals surface area contributed by atoms with Crippen LogP contribution in [0.1, 0.15) is 33.4 Å². The maximum atomic E-state index is 13.8. The van der Waals surface area contributed by atoms with Crippen molar-refractivity contribution in [3.8, 4) is 11.5 Å². The smallest absolute Gasteiger partial charge is 0.254 e. The van der Waals surface area contributed by atoms with E-state index in [-0.39, 0.29) is 25.0 Å². The molecule has 0 spiro atoms. The number of rotatable bonds is 8. The van der Waals surface area contributed by atoms with Crippen molar-refractivity contribution in [2.45, 2.75) is 12.0 Å². The molecule has 7 nitrogen and oxygen atoms in total.